The second-order valence-corrected chi connectivity index (χ2v) is 8.57. The Balaban J connectivity index is 1.73. The maximum Gasteiger partial charge on any atom is 0.287 e. The standard InChI is InChI=1S/C20H20N4O4S2/c1-12-19(29-11-16(21)25)30-20(22-12)24-17(26)14(10-13-6-3-2-4-7-13)23-18(27)15-8-5-9-28-15/h2-9,14H,10-11H2,1H3,(H2,21,25)(H,23,27)(H,22,24,26). The fraction of sp³-hybridized carbons (Fsp3) is 0.200. The van der Waals surface area contributed by atoms with Crippen LogP contribution in [0.2, 0.25) is 0 Å². The van der Waals surface area contributed by atoms with Crippen molar-refractivity contribution in [2.24, 2.45) is 5.73 Å². The molecule has 0 radical (unpaired) electrons. The number of nitrogens with one attached hydrogen (secondary N) is 2. The van der Waals surface area contributed by atoms with E-state index in [1.165, 1.54) is 35.4 Å². The van der Waals surface area contributed by atoms with Crippen molar-refractivity contribution in [3.8, 4) is 0 Å². The number of aryl methyl sites for hydroxylation is 1. The van der Waals surface area contributed by atoms with E-state index in [2.05, 4.69) is 15.6 Å². The molecule has 10 heteroatoms. The predicted molar refractivity (Wildman–Crippen MR) is 116 cm³/mol. The number of thioether (sulfide) groups is 1. The Labute approximate surface area is 181 Å². The monoisotopic (exact) mass is 444 g/mol. The number of benzene rings is 1. The van der Waals surface area contributed by atoms with Crippen molar-refractivity contribution in [3.63, 3.8) is 0 Å². The van der Waals surface area contributed by atoms with Gasteiger partial charge in [0.2, 0.25) is 11.8 Å². The average Bonchev–Trinajstić information content (AvgIpc) is 3.36. The summed E-state index contributed by atoms with van der Waals surface area (Å²) in [6.45, 7) is 1.79. The Hall–Kier alpha value is -3.11. The van der Waals surface area contributed by atoms with Gasteiger partial charge in [0.25, 0.3) is 5.91 Å². The van der Waals surface area contributed by atoms with Crippen molar-refractivity contribution in [1.82, 2.24) is 10.3 Å². The van der Waals surface area contributed by atoms with E-state index < -0.39 is 23.8 Å². The van der Waals surface area contributed by atoms with E-state index in [1.54, 1.807) is 13.0 Å². The zero-order chi connectivity index (χ0) is 21.5. The number of carbonyl (C=O) groups excluding carboxylic acids is 3. The molecule has 0 saturated heterocycles. The number of hydrogen-bond acceptors (Lipinski definition) is 7. The van der Waals surface area contributed by atoms with E-state index in [0.717, 1.165) is 9.77 Å². The van der Waals surface area contributed by atoms with Gasteiger partial charge < -0.3 is 20.8 Å². The molecule has 0 aliphatic rings. The molecule has 3 rings (SSSR count). The second-order valence-electron chi connectivity index (χ2n) is 6.33. The summed E-state index contributed by atoms with van der Waals surface area (Å²) in [5.41, 5.74) is 6.77. The molecule has 0 aliphatic carbocycles. The quantitative estimate of drug-likeness (QED) is 0.435. The lowest BCUT2D eigenvalue weighted by atomic mass is 10.1. The Morgan fingerprint density at radius 1 is 1.20 bits per heavy atom. The molecule has 0 spiro atoms. The molecular formula is C20H20N4O4S2. The van der Waals surface area contributed by atoms with Crippen LogP contribution >= 0.6 is 23.1 Å². The predicted octanol–water partition coefficient (Wildman–Crippen LogP) is 2.60. The maximum atomic E-state index is 12.9. The van der Waals surface area contributed by atoms with Gasteiger partial charge in [0.1, 0.15) is 6.04 Å². The van der Waals surface area contributed by atoms with Crippen LogP contribution in [0.5, 0.6) is 0 Å². The lowest BCUT2D eigenvalue weighted by Crippen LogP contribution is -2.45. The molecule has 30 heavy (non-hydrogen) atoms. The van der Waals surface area contributed by atoms with E-state index in [9.17, 15) is 14.4 Å². The fourth-order valence-corrected chi connectivity index (χ4v) is 4.48. The molecule has 0 aliphatic heterocycles. The number of thiazole rings is 1. The Morgan fingerprint density at radius 3 is 2.63 bits per heavy atom. The number of anilines is 1. The average molecular weight is 445 g/mol. The molecule has 8 nitrogen and oxygen atoms in total. The third-order valence-corrected chi connectivity index (χ3v) is 6.44. The van der Waals surface area contributed by atoms with Crippen LogP contribution in [0.15, 0.2) is 57.4 Å². The number of rotatable bonds is 9. The number of nitrogens with two attached hydrogens (primary N) is 1. The maximum absolute atomic E-state index is 12.9. The summed E-state index contributed by atoms with van der Waals surface area (Å²) in [6.07, 6.45) is 1.69. The van der Waals surface area contributed by atoms with Crippen LogP contribution in [-0.4, -0.2) is 34.5 Å². The molecular weight excluding hydrogens is 424 g/mol. The van der Waals surface area contributed by atoms with Crippen molar-refractivity contribution in [2.75, 3.05) is 11.1 Å². The smallest absolute Gasteiger partial charge is 0.287 e. The molecule has 2 heterocycles. The number of furan rings is 1. The Morgan fingerprint density at radius 2 is 1.97 bits per heavy atom. The van der Waals surface area contributed by atoms with Crippen LogP contribution in [0.3, 0.4) is 0 Å². The van der Waals surface area contributed by atoms with Gasteiger partial charge >= 0.3 is 0 Å². The van der Waals surface area contributed by atoms with Crippen LogP contribution < -0.4 is 16.4 Å². The molecule has 0 bridgehead atoms. The lowest BCUT2D eigenvalue weighted by molar-refractivity contribution is -0.118. The van der Waals surface area contributed by atoms with E-state index in [4.69, 9.17) is 10.2 Å². The van der Waals surface area contributed by atoms with E-state index in [1.807, 2.05) is 30.3 Å². The van der Waals surface area contributed by atoms with Gasteiger partial charge in [0, 0.05) is 6.42 Å². The van der Waals surface area contributed by atoms with Crippen LogP contribution in [0, 0.1) is 6.92 Å². The number of aromatic nitrogens is 1. The summed E-state index contributed by atoms with van der Waals surface area (Å²) in [5.74, 6) is -1.06. The van der Waals surface area contributed by atoms with E-state index in [-0.39, 0.29) is 11.5 Å². The molecule has 2 aromatic heterocycles. The summed E-state index contributed by atoms with van der Waals surface area (Å²) in [5, 5.41) is 5.85. The van der Waals surface area contributed by atoms with Crippen LogP contribution in [-0.2, 0) is 16.0 Å². The molecule has 4 N–H and O–H groups in total. The van der Waals surface area contributed by atoms with E-state index in [0.29, 0.717) is 17.2 Å². The van der Waals surface area contributed by atoms with Crippen molar-refractivity contribution in [1.29, 1.82) is 0 Å². The first-order valence-electron chi connectivity index (χ1n) is 9.00. The zero-order valence-corrected chi connectivity index (χ0v) is 17.7. The number of carbonyl (C=O) groups is 3. The van der Waals surface area contributed by atoms with Gasteiger partial charge in [-0.15, -0.1) is 11.8 Å². The first-order chi connectivity index (χ1) is 14.4. The summed E-state index contributed by atoms with van der Waals surface area (Å²) in [4.78, 5) is 40.7. The lowest BCUT2D eigenvalue weighted by Gasteiger charge is -2.17. The highest BCUT2D eigenvalue weighted by Crippen LogP contribution is 2.31. The molecule has 0 saturated carbocycles. The molecule has 1 aromatic carbocycles. The number of nitrogens with zero attached hydrogens (tertiary/aromatic N) is 1. The van der Waals surface area contributed by atoms with Crippen LogP contribution in [0.25, 0.3) is 0 Å². The molecule has 156 valence electrons. The third-order valence-electron chi connectivity index (χ3n) is 3.98. The van der Waals surface area contributed by atoms with Gasteiger partial charge in [0.15, 0.2) is 10.9 Å². The van der Waals surface area contributed by atoms with E-state index >= 15 is 0 Å². The van der Waals surface area contributed by atoms with Gasteiger partial charge in [-0.1, -0.05) is 41.7 Å². The number of amides is 3. The molecule has 0 fully saturated rings. The second kappa shape index (κ2) is 10.1. The molecule has 3 aromatic rings. The topological polar surface area (TPSA) is 127 Å². The third kappa shape index (κ3) is 5.94. The highest BCUT2D eigenvalue weighted by atomic mass is 32.2. The molecule has 3 amide bonds. The molecule has 1 unspecified atom stereocenters. The Bertz CT molecular complexity index is 1020. The largest absolute Gasteiger partial charge is 0.459 e. The van der Waals surface area contributed by atoms with Crippen LogP contribution in [0.1, 0.15) is 21.8 Å². The normalized spacial score (nSPS) is 11.6. The molecule has 1 atom stereocenters. The Kier molecular flexibility index (Phi) is 7.26. The highest BCUT2D eigenvalue weighted by Gasteiger charge is 2.24. The van der Waals surface area contributed by atoms with Gasteiger partial charge in [-0.3, -0.25) is 14.4 Å². The van der Waals surface area contributed by atoms with Gasteiger partial charge in [0.05, 0.1) is 21.9 Å². The first kappa shape index (κ1) is 21.6. The number of hydrogen-bond donors (Lipinski definition) is 3. The minimum Gasteiger partial charge on any atom is -0.459 e. The summed E-state index contributed by atoms with van der Waals surface area (Å²) in [7, 11) is 0. The minimum atomic E-state index is -0.837. The fourth-order valence-electron chi connectivity index (χ4n) is 2.60. The van der Waals surface area contributed by atoms with Crippen LogP contribution in [0.4, 0.5) is 5.13 Å². The highest BCUT2D eigenvalue weighted by molar-refractivity contribution is 8.01. The summed E-state index contributed by atoms with van der Waals surface area (Å²) in [6, 6.07) is 11.7. The summed E-state index contributed by atoms with van der Waals surface area (Å²) < 4.78 is 5.91. The number of primary amides is 1. The van der Waals surface area contributed by atoms with Gasteiger partial charge in [-0.05, 0) is 24.6 Å². The van der Waals surface area contributed by atoms with Gasteiger partial charge in [-0.2, -0.15) is 0 Å². The summed E-state index contributed by atoms with van der Waals surface area (Å²) >= 11 is 2.52. The zero-order valence-electron chi connectivity index (χ0n) is 16.1. The minimum absolute atomic E-state index is 0.121. The first-order valence-corrected chi connectivity index (χ1v) is 10.8. The van der Waals surface area contributed by atoms with Crippen molar-refractivity contribution in [3.05, 3.63) is 65.7 Å². The van der Waals surface area contributed by atoms with Crippen molar-refractivity contribution < 1.29 is 18.8 Å². The van der Waals surface area contributed by atoms with Gasteiger partial charge in [-0.25, -0.2) is 4.98 Å². The van der Waals surface area contributed by atoms with Crippen molar-refractivity contribution in [2.45, 2.75) is 23.6 Å². The van der Waals surface area contributed by atoms with Crippen molar-refractivity contribution >= 4 is 46.0 Å². The SMILES string of the molecule is Cc1nc(NC(=O)C(Cc2ccccc2)NC(=O)c2ccco2)sc1SCC(N)=O.